The summed E-state index contributed by atoms with van der Waals surface area (Å²) in [6.07, 6.45) is 1.48. The predicted molar refractivity (Wildman–Crippen MR) is 55.5 cm³/mol. The van der Waals surface area contributed by atoms with Gasteiger partial charge in [-0.2, -0.15) is 0 Å². The van der Waals surface area contributed by atoms with Crippen molar-refractivity contribution >= 4 is 0 Å². The average molecular weight is 192 g/mol. The largest absolute Gasteiger partial charge is 0.387 e. The second-order valence-electron chi connectivity index (χ2n) is 3.81. The zero-order valence-corrected chi connectivity index (χ0v) is 8.06. The Balaban J connectivity index is 2.05. The van der Waals surface area contributed by atoms with E-state index in [0.717, 1.165) is 18.4 Å². The third-order valence-corrected chi connectivity index (χ3v) is 2.74. The van der Waals surface area contributed by atoms with Crippen molar-refractivity contribution in [2.75, 3.05) is 0 Å². The van der Waals surface area contributed by atoms with E-state index in [-0.39, 0.29) is 12.2 Å². The van der Waals surface area contributed by atoms with Crippen molar-refractivity contribution < 1.29 is 5.11 Å². The Bertz CT molecular complexity index is 289. The fourth-order valence-electron chi connectivity index (χ4n) is 1.93. The molecular weight excluding hydrogens is 176 g/mol. The SMILES string of the molecule is NC1CC[C@H]([C@H](O)c2ccccc2)N1. The molecule has 1 unspecified atom stereocenters. The highest BCUT2D eigenvalue weighted by molar-refractivity contribution is 5.19. The molecule has 76 valence electrons. The molecule has 0 aromatic heterocycles. The molecule has 1 aliphatic rings. The van der Waals surface area contributed by atoms with Gasteiger partial charge in [0.15, 0.2) is 0 Å². The second kappa shape index (κ2) is 4.09. The molecule has 0 saturated carbocycles. The van der Waals surface area contributed by atoms with Gasteiger partial charge in [0.05, 0.1) is 12.3 Å². The van der Waals surface area contributed by atoms with Crippen LogP contribution in [0.2, 0.25) is 0 Å². The number of rotatable bonds is 2. The predicted octanol–water partition coefficient (Wildman–Crippen LogP) is 0.757. The molecule has 0 amide bonds. The van der Waals surface area contributed by atoms with Gasteiger partial charge in [-0.1, -0.05) is 30.3 Å². The van der Waals surface area contributed by atoms with Crippen LogP contribution in [0.25, 0.3) is 0 Å². The van der Waals surface area contributed by atoms with Gasteiger partial charge in [-0.05, 0) is 18.4 Å². The standard InChI is InChI=1S/C11H16N2O/c12-10-7-6-9(13-10)11(14)8-4-2-1-3-5-8/h1-5,9-11,13-14H,6-7,12H2/t9-,10?,11-/m1/s1. The minimum absolute atomic E-state index is 0.0402. The van der Waals surface area contributed by atoms with Crippen LogP contribution < -0.4 is 11.1 Å². The van der Waals surface area contributed by atoms with E-state index < -0.39 is 6.10 Å². The minimum Gasteiger partial charge on any atom is -0.387 e. The summed E-state index contributed by atoms with van der Waals surface area (Å²) < 4.78 is 0. The van der Waals surface area contributed by atoms with E-state index in [0.29, 0.717) is 0 Å². The third-order valence-electron chi connectivity index (χ3n) is 2.74. The van der Waals surface area contributed by atoms with Crippen LogP contribution >= 0.6 is 0 Å². The lowest BCUT2D eigenvalue weighted by Gasteiger charge is -2.19. The van der Waals surface area contributed by atoms with Gasteiger partial charge < -0.3 is 10.8 Å². The highest BCUT2D eigenvalue weighted by Crippen LogP contribution is 2.23. The van der Waals surface area contributed by atoms with Gasteiger partial charge in [-0.25, -0.2) is 0 Å². The van der Waals surface area contributed by atoms with E-state index in [1.165, 1.54) is 0 Å². The highest BCUT2D eigenvalue weighted by atomic mass is 16.3. The number of aliphatic hydroxyl groups excluding tert-OH is 1. The molecule has 0 radical (unpaired) electrons. The quantitative estimate of drug-likeness (QED) is 0.648. The first-order valence-electron chi connectivity index (χ1n) is 5.02. The summed E-state index contributed by atoms with van der Waals surface area (Å²) in [5.41, 5.74) is 6.68. The summed E-state index contributed by atoms with van der Waals surface area (Å²) in [5, 5.41) is 13.2. The number of hydrogen-bond acceptors (Lipinski definition) is 3. The monoisotopic (exact) mass is 192 g/mol. The molecule has 3 atom stereocenters. The van der Waals surface area contributed by atoms with E-state index in [9.17, 15) is 5.11 Å². The maximum absolute atomic E-state index is 10.0. The summed E-state index contributed by atoms with van der Waals surface area (Å²) in [4.78, 5) is 0. The van der Waals surface area contributed by atoms with Gasteiger partial charge in [-0.3, -0.25) is 5.32 Å². The molecule has 3 heteroatoms. The molecule has 1 aliphatic heterocycles. The molecule has 1 saturated heterocycles. The average Bonchev–Trinajstić information content (AvgIpc) is 2.65. The van der Waals surface area contributed by atoms with Crippen molar-refractivity contribution in [3.05, 3.63) is 35.9 Å². The zero-order chi connectivity index (χ0) is 9.97. The lowest BCUT2D eigenvalue weighted by atomic mass is 10.0. The van der Waals surface area contributed by atoms with Crippen molar-refractivity contribution in [1.82, 2.24) is 5.32 Å². The Hall–Kier alpha value is -0.900. The molecule has 1 aromatic rings. The Labute approximate surface area is 83.9 Å². The smallest absolute Gasteiger partial charge is 0.0943 e. The van der Waals surface area contributed by atoms with Crippen LogP contribution in [0.5, 0.6) is 0 Å². The normalized spacial score (nSPS) is 29.0. The van der Waals surface area contributed by atoms with Crippen LogP contribution in [0, 0.1) is 0 Å². The van der Waals surface area contributed by atoms with Crippen molar-refractivity contribution in [2.24, 2.45) is 5.73 Å². The number of nitrogens with one attached hydrogen (secondary N) is 1. The molecule has 4 N–H and O–H groups in total. The van der Waals surface area contributed by atoms with Gasteiger partial charge in [0.25, 0.3) is 0 Å². The van der Waals surface area contributed by atoms with Crippen LogP contribution in [0.15, 0.2) is 30.3 Å². The number of aliphatic hydroxyl groups is 1. The zero-order valence-electron chi connectivity index (χ0n) is 8.06. The molecule has 1 fully saturated rings. The Kier molecular flexibility index (Phi) is 2.82. The fourth-order valence-corrected chi connectivity index (χ4v) is 1.93. The van der Waals surface area contributed by atoms with Gasteiger partial charge >= 0.3 is 0 Å². The Morgan fingerprint density at radius 1 is 1.29 bits per heavy atom. The summed E-state index contributed by atoms with van der Waals surface area (Å²) >= 11 is 0. The number of nitrogens with two attached hydrogens (primary N) is 1. The van der Waals surface area contributed by atoms with Crippen LogP contribution in [0.4, 0.5) is 0 Å². The maximum Gasteiger partial charge on any atom is 0.0943 e. The maximum atomic E-state index is 10.0. The van der Waals surface area contributed by atoms with Crippen LogP contribution in [0.3, 0.4) is 0 Å². The molecule has 2 rings (SSSR count). The minimum atomic E-state index is -0.440. The van der Waals surface area contributed by atoms with Crippen molar-refractivity contribution in [1.29, 1.82) is 0 Å². The van der Waals surface area contributed by atoms with Crippen molar-refractivity contribution in [2.45, 2.75) is 31.2 Å². The van der Waals surface area contributed by atoms with Crippen LogP contribution in [-0.4, -0.2) is 17.3 Å². The van der Waals surface area contributed by atoms with E-state index in [4.69, 9.17) is 5.73 Å². The van der Waals surface area contributed by atoms with Gasteiger partial charge in [0.1, 0.15) is 0 Å². The summed E-state index contributed by atoms with van der Waals surface area (Å²) in [6, 6.07) is 9.81. The van der Waals surface area contributed by atoms with E-state index in [1.54, 1.807) is 0 Å². The topological polar surface area (TPSA) is 58.3 Å². The van der Waals surface area contributed by atoms with Gasteiger partial charge in [0, 0.05) is 6.04 Å². The number of benzene rings is 1. The van der Waals surface area contributed by atoms with E-state index >= 15 is 0 Å². The van der Waals surface area contributed by atoms with Gasteiger partial charge in [-0.15, -0.1) is 0 Å². The summed E-state index contributed by atoms with van der Waals surface area (Å²) in [6.45, 7) is 0. The molecule has 0 aliphatic carbocycles. The molecule has 14 heavy (non-hydrogen) atoms. The second-order valence-corrected chi connectivity index (χ2v) is 3.81. The Morgan fingerprint density at radius 2 is 2.00 bits per heavy atom. The molecular formula is C11H16N2O. The highest BCUT2D eigenvalue weighted by Gasteiger charge is 2.27. The van der Waals surface area contributed by atoms with Crippen LogP contribution in [-0.2, 0) is 0 Å². The van der Waals surface area contributed by atoms with E-state index in [2.05, 4.69) is 5.32 Å². The third kappa shape index (κ3) is 1.95. The molecule has 0 spiro atoms. The van der Waals surface area contributed by atoms with E-state index in [1.807, 2.05) is 30.3 Å². The first-order valence-corrected chi connectivity index (χ1v) is 5.02. The van der Waals surface area contributed by atoms with Crippen molar-refractivity contribution in [3.8, 4) is 0 Å². The molecule has 1 aromatic carbocycles. The lowest BCUT2D eigenvalue weighted by molar-refractivity contribution is 0.135. The molecule has 0 bridgehead atoms. The first-order chi connectivity index (χ1) is 6.77. The fraction of sp³-hybridized carbons (Fsp3) is 0.455. The molecule has 1 heterocycles. The summed E-state index contributed by atoms with van der Waals surface area (Å²) in [7, 11) is 0. The molecule has 3 nitrogen and oxygen atoms in total. The van der Waals surface area contributed by atoms with Crippen molar-refractivity contribution in [3.63, 3.8) is 0 Å². The Morgan fingerprint density at radius 3 is 2.57 bits per heavy atom. The van der Waals surface area contributed by atoms with Gasteiger partial charge in [0.2, 0.25) is 0 Å². The first kappa shape index (κ1) is 9.65. The van der Waals surface area contributed by atoms with Crippen LogP contribution in [0.1, 0.15) is 24.5 Å². The summed E-state index contributed by atoms with van der Waals surface area (Å²) in [5.74, 6) is 0. The number of hydrogen-bond donors (Lipinski definition) is 3. The lowest BCUT2D eigenvalue weighted by Crippen LogP contribution is -2.38.